The maximum atomic E-state index is 12.4. The van der Waals surface area contributed by atoms with Gasteiger partial charge >= 0.3 is 0 Å². The number of fused-ring (bicyclic) bond motifs is 2. The highest BCUT2D eigenvalue weighted by Crippen LogP contribution is 2.20. The molecule has 3 N–H and O–H groups in total. The molecule has 0 unspecified atom stereocenters. The fraction of sp³-hybridized carbons (Fsp3) is 0.263. The Kier molecular flexibility index (Phi) is 4.12. The lowest BCUT2D eigenvalue weighted by Gasteiger charge is -2.16. The van der Waals surface area contributed by atoms with Crippen LogP contribution in [-0.4, -0.2) is 21.1 Å². The number of amides is 1. The Morgan fingerprint density at radius 3 is 2.69 bits per heavy atom. The van der Waals surface area contributed by atoms with Crippen LogP contribution in [0.3, 0.4) is 0 Å². The number of hydrogen-bond donors (Lipinski definition) is 3. The lowest BCUT2D eigenvalue weighted by atomic mass is 9.96. The van der Waals surface area contributed by atoms with Crippen molar-refractivity contribution in [1.29, 1.82) is 0 Å². The maximum Gasteiger partial charge on any atom is 0.272 e. The van der Waals surface area contributed by atoms with Gasteiger partial charge in [-0.25, -0.2) is 5.10 Å². The van der Waals surface area contributed by atoms with Crippen LogP contribution in [0, 0.1) is 0 Å². The van der Waals surface area contributed by atoms with Crippen molar-refractivity contribution in [3.05, 3.63) is 68.0 Å². The molecule has 2 aromatic heterocycles. The van der Waals surface area contributed by atoms with E-state index in [1.165, 1.54) is 0 Å². The van der Waals surface area contributed by atoms with Crippen molar-refractivity contribution < 1.29 is 4.79 Å². The average molecular weight is 350 g/mol. The first-order valence-corrected chi connectivity index (χ1v) is 8.63. The van der Waals surface area contributed by atoms with E-state index < -0.39 is 0 Å². The number of aromatic amines is 2. The van der Waals surface area contributed by atoms with Crippen LogP contribution in [0.15, 0.2) is 39.9 Å². The Morgan fingerprint density at radius 1 is 1.08 bits per heavy atom. The smallest absolute Gasteiger partial charge is 0.272 e. The first kappa shape index (κ1) is 16.3. The minimum Gasteiger partial charge on any atom is -0.324 e. The summed E-state index contributed by atoms with van der Waals surface area (Å²) in [5.74, 6) is -0.351. The zero-order valence-corrected chi connectivity index (χ0v) is 14.1. The van der Waals surface area contributed by atoms with E-state index in [1.807, 2.05) is 0 Å². The highest BCUT2D eigenvalue weighted by Gasteiger charge is 2.16. The van der Waals surface area contributed by atoms with Gasteiger partial charge in [0.2, 0.25) is 5.91 Å². The number of carbonyl (C=O) groups excluding carboxylic acids is 1. The summed E-state index contributed by atoms with van der Waals surface area (Å²) in [4.78, 5) is 39.3. The third-order valence-electron chi connectivity index (χ3n) is 4.72. The molecule has 2 heterocycles. The van der Waals surface area contributed by atoms with Crippen LogP contribution >= 0.6 is 0 Å². The lowest BCUT2D eigenvalue weighted by Crippen LogP contribution is -2.24. The summed E-state index contributed by atoms with van der Waals surface area (Å²) in [7, 11) is 0. The van der Waals surface area contributed by atoms with Gasteiger partial charge < -0.3 is 10.3 Å². The fourth-order valence-corrected chi connectivity index (χ4v) is 3.42. The van der Waals surface area contributed by atoms with Gasteiger partial charge in [-0.15, -0.1) is 0 Å². The summed E-state index contributed by atoms with van der Waals surface area (Å²) in [6.07, 6.45) is 3.89. The molecule has 7 nitrogen and oxygen atoms in total. The Balaban J connectivity index is 1.60. The van der Waals surface area contributed by atoms with Crippen molar-refractivity contribution in [2.75, 3.05) is 5.32 Å². The van der Waals surface area contributed by atoms with Gasteiger partial charge in [0.1, 0.15) is 5.69 Å². The summed E-state index contributed by atoms with van der Waals surface area (Å²) in [5.41, 5.74) is 2.18. The maximum absolute atomic E-state index is 12.4. The number of nitrogens with one attached hydrogen (secondary N) is 3. The molecule has 0 saturated heterocycles. The minimum atomic E-state index is -0.351. The monoisotopic (exact) mass is 350 g/mol. The van der Waals surface area contributed by atoms with Gasteiger partial charge in [0.25, 0.3) is 11.1 Å². The number of H-pyrrole nitrogens is 2. The van der Waals surface area contributed by atoms with E-state index in [2.05, 4.69) is 20.5 Å². The number of benzene rings is 1. The van der Waals surface area contributed by atoms with Crippen LogP contribution in [-0.2, 0) is 24.1 Å². The number of anilines is 1. The van der Waals surface area contributed by atoms with Gasteiger partial charge in [-0.05, 0) is 43.4 Å². The highest BCUT2D eigenvalue weighted by atomic mass is 16.2. The molecule has 0 fully saturated rings. The van der Waals surface area contributed by atoms with Gasteiger partial charge in [-0.1, -0.05) is 18.2 Å². The Bertz CT molecular complexity index is 1110. The van der Waals surface area contributed by atoms with Crippen molar-refractivity contribution in [1.82, 2.24) is 15.2 Å². The molecule has 0 saturated carbocycles. The Hall–Kier alpha value is -3.22. The lowest BCUT2D eigenvalue weighted by molar-refractivity contribution is -0.115. The third-order valence-corrected chi connectivity index (χ3v) is 4.72. The summed E-state index contributed by atoms with van der Waals surface area (Å²) in [6.45, 7) is 0. The van der Waals surface area contributed by atoms with E-state index in [0.717, 1.165) is 36.9 Å². The molecule has 1 aromatic carbocycles. The number of hydrogen-bond acceptors (Lipinski definition) is 4. The van der Waals surface area contributed by atoms with E-state index in [0.29, 0.717) is 16.5 Å². The SMILES string of the molecule is O=C(Cc1n[nH]c(=O)c2ccccc12)Nc1cc2c([nH]c1=O)CCCC2. The number of aromatic nitrogens is 3. The van der Waals surface area contributed by atoms with Crippen molar-refractivity contribution in [3.8, 4) is 0 Å². The van der Waals surface area contributed by atoms with Crippen LogP contribution < -0.4 is 16.4 Å². The predicted molar refractivity (Wildman–Crippen MR) is 98.4 cm³/mol. The van der Waals surface area contributed by atoms with Crippen LogP contribution in [0.5, 0.6) is 0 Å². The van der Waals surface area contributed by atoms with E-state index in [4.69, 9.17) is 0 Å². The molecule has 3 aromatic rings. The zero-order chi connectivity index (χ0) is 18.1. The van der Waals surface area contributed by atoms with Gasteiger partial charge in [-0.3, -0.25) is 14.4 Å². The Morgan fingerprint density at radius 2 is 1.85 bits per heavy atom. The minimum absolute atomic E-state index is 0.0339. The molecule has 4 rings (SSSR count). The molecule has 1 amide bonds. The molecule has 1 aliphatic carbocycles. The molecule has 0 atom stereocenters. The second kappa shape index (κ2) is 6.59. The topological polar surface area (TPSA) is 108 Å². The van der Waals surface area contributed by atoms with Gasteiger partial charge in [0, 0.05) is 11.1 Å². The second-order valence-electron chi connectivity index (χ2n) is 6.49. The standard InChI is InChI=1S/C19H18N4O3/c24-17(10-15-12-6-2-3-7-13(12)18(25)23-22-15)20-16-9-11-5-1-4-8-14(11)21-19(16)26/h2-3,6-7,9H,1,4-5,8,10H2,(H,20,24)(H,21,26)(H,23,25). The summed E-state index contributed by atoms with van der Waals surface area (Å²) >= 11 is 0. The van der Waals surface area contributed by atoms with Gasteiger partial charge in [0.15, 0.2) is 0 Å². The normalized spacial score (nSPS) is 13.4. The first-order chi connectivity index (χ1) is 12.6. The molecule has 1 aliphatic rings. The van der Waals surface area contributed by atoms with Crippen LogP contribution in [0.4, 0.5) is 5.69 Å². The molecule has 132 valence electrons. The van der Waals surface area contributed by atoms with Crippen molar-refractivity contribution >= 4 is 22.4 Å². The van der Waals surface area contributed by atoms with E-state index >= 15 is 0 Å². The molecule has 7 heteroatoms. The molecular formula is C19H18N4O3. The number of aryl methyl sites for hydroxylation is 2. The second-order valence-corrected chi connectivity index (χ2v) is 6.49. The molecule has 0 aliphatic heterocycles. The van der Waals surface area contributed by atoms with Crippen molar-refractivity contribution in [2.24, 2.45) is 0 Å². The number of rotatable bonds is 3. The van der Waals surface area contributed by atoms with Gasteiger partial charge in [0.05, 0.1) is 17.5 Å². The fourth-order valence-electron chi connectivity index (χ4n) is 3.42. The molecule has 0 radical (unpaired) electrons. The number of nitrogens with zero attached hydrogens (tertiary/aromatic N) is 1. The summed E-state index contributed by atoms with van der Waals surface area (Å²) in [5, 5.41) is 10.2. The van der Waals surface area contributed by atoms with Crippen molar-refractivity contribution in [3.63, 3.8) is 0 Å². The highest BCUT2D eigenvalue weighted by molar-refractivity contribution is 5.95. The molecular weight excluding hydrogens is 332 g/mol. The van der Waals surface area contributed by atoms with E-state index in [-0.39, 0.29) is 29.1 Å². The molecule has 0 bridgehead atoms. The predicted octanol–water partition coefficient (Wildman–Crippen LogP) is 1.67. The Labute approximate surface area is 148 Å². The third kappa shape index (κ3) is 3.03. The van der Waals surface area contributed by atoms with Crippen LogP contribution in [0.25, 0.3) is 10.8 Å². The average Bonchev–Trinajstić information content (AvgIpc) is 2.65. The zero-order valence-electron chi connectivity index (χ0n) is 14.1. The van der Waals surface area contributed by atoms with E-state index in [9.17, 15) is 14.4 Å². The first-order valence-electron chi connectivity index (χ1n) is 8.63. The van der Waals surface area contributed by atoms with E-state index in [1.54, 1.807) is 30.3 Å². The quantitative estimate of drug-likeness (QED) is 0.668. The van der Waals surface area contributed by atoms with Crippen molar-refractivity contribution in [2.45, 2.75) is 32.1 Å². The summed E-state index contributed by atoms with van der Waals surface area (Å²) < 4.78 is 0. The largest absolute Gasteiger partial charge is 0.324 e. The molecule has 0 spiro atoms. The number of pyridine rings is 1. The molecule has 26 heavy (non-hydrogen) atoms. The van der Waals surface area contributed by atoms with Crippen LogP contribution in [0.2, 0.25) is 0 Å². The number of carbonyl (C=O) groups is 1. The van der Waals surface area contributed by atoms with Crippen LogP contribution in [0.1, 0.15) is 29.8 Å². The van der Waals surface area contributed by atoms with Gasteiger partial charge in [-0.2, -0.15) is 5.10 Å². The summed E-state index contributed by atoms with van der Waals surface area (Å²) in [6, 6.07) is 8.76.